The third-order valence-corrected chi connectivity index (χ3v) is 6.06. The predicted octanol–water partition coefficient (Wildman–Crippen LogP) is 3.08. The highest BCUT2D eigenvalue weighted by Gasteiger charge is 2.26. The molecule has 3 aliphatic rings. The van der Waals surface area contributed by atoms with E-state index < -0.39 is 11.9 Å². The van der Waals surface area contributed by atoms with Gasteiger partial charge in [0.25, 0.3) is 11.8 Å². The van der Waals surface area contributed by atoms with Gasteiger partial charge in [-0.25, -0.2) is 4.79 Å². The first-order valence-corrected chi connectivity index (χ1v) is 11.2. The van der Waals surface area contributed by atoms with Gasteiger partial charge in [0.1, 0.15) is 5.57 Å². The number of amides is 2. The molecule has 2 fully saturated rings. The fraction of sp³-hybridized carbons (Fsp3) is 0.458. The van der Waals surface area contributed by atoms with Crippen LogP contribution in [0, 0.1) is 0 Å². The molecular weight excluding hydrogens is 412 g/mol. The Morgan fingerprint density at radius 3 is 2.06 bits per heavy atom. The molecule has 0 aliphatic carbocycles. The van der Waals surface area contributed by atoms with Gasteiger partial charge in [-0.3, -0.25) is 9.59 Å². The van der Waals surface area contributed by atoms with Crippen LogP contribution in [-0.4, -0.2) is 65.7 Å². The maximum Gasteiger partial charge on any atom is 0.341 e. The smallest absolute Gasteiger partial charge is 0.341 e. The van der Waals surface area contributed by atoms with E-state index >= 15 is 0 Å². The lowest BCUT2D eigenvalue weighted by atomic mass is 10.0. The summed E-state index contributed by atoms with van der Waals surface area (Å²) in [4.78, 5) is 41.0. The first-order valence-electron chi connectivity index (χ1n) is 11.2. The second kappa shape index (κ2) is 9.89. The third-order valence-electron chi connectivity index (χ3n) is 6.06. The molecule has 3 aliphatic heterocycles. The van der Waals surface area contributed by atoms with Crippen molar-refractivity contribution < 1.29 is 29.0 Å². The number of benzene rings is 1. The molecule has 32 heavy (non-hydrogen) atoms. The lowest BCUT2D eigenvalue weighted by Crippen LogP contribution is -2.38. The van der Waals surface area contributed by atoms with Crippen molar-refractivity contribution in [1.82, 2.24) is 9.80 Å². The molecule has 4 rings (SSSR count). The van der Waals surface area contributed by atoms with Crippen LogP contribution in [0.5, 0.6) is 11.5 Å². The Labute approximate surface area is 187 Å². The minimum absolute atomic E-state index is 0.0884. The number of rotatable bonds is 5. The lowest BCUT2D eigenvalue weighted by molar-refractivity contribution is -0.137. The number of allylic oxidation sites excluding steroid dienone is 2. The number of carbonyl (C=O) groups is 3. The number of piperidine rings is 2. The molecule has 2 saturated heterocycles. The van der Waals surface area contributed by atoms with E-state index in [2.05, 4.69) is 0 Å². The van der Waals surface area contributed by atoms with Crippen molar-refractivity contribution in [3.8, 4) is 11.5 Å². The molecule has 0 unspecified atom stereocenters. The highest BCUT2D eigenvalue weighted by atomic mass is 16.7. The number of carboxylic acid groups (broad SMARTS) is 1. The first-order chi connectivity index (χ1) is 15.5. The molecule has 0 bridgehead atoms. The average Bonchev–Trinajstić information content (AvgIpc) is 3.29. The highest BCUT2D eigenvalue weighted by Crippen LogP contribution is 2.36. The molecule has 3 heterocycles. The standard InChI is InChI=1S/C24H28N2O6/c27-22(25-10-3-1-4-11-25)18(24(29)30)9-7-8-17-14-20-21(32-16-31-20)15-19(17)23(28)26-12-5-2-6-13-26/h7-9,14-15H,1-6,10-13,16H2,(H,29,30)/b8-7?,18-9+. The second-order valence-corrected chi connectivity index (χ2v) is 8.24. The zero-order valence-corrected chi connectivity index (χ0v) is 18.0. The van der Waals surface area contributed by atoms with E-state index in [-0.39, 0.29) is 18.3 Å². The largest absolute Gasteiger partial charge is 0.477 e. The van der Waals surface area contributed by atoms with Crippen LogP contribution in [0.3, 0.4) is 0 Å². The Bertz CT molecular complexity index is 955. The summed E-state index contributed by atoms with van der Waals surface area (Å²) in [6.07, 6.45) is 10.3. The maximum absolute atomic E-state index is 13.2. The van der Waals surface area contributed by atoms with Crippen LogP contribution >= 0.6 is 0 Å². The summed E-state index contributed by atoms with van der Waals surface area (Å²) in [5.74, 6) is -0.775. The van der Waals surface area contributed by atoms with Gasteiger partial charge in [0, 0.05) is 26.2 Å². The van der Waals surface area contributed by atoms with Crippen molar-refractivity contribution in [2.24, 2.45) is 0 Å². The van der Waals surface area contributed by atoms with Crippen LogP contribution in [0.25, 0.3) is 6.08 Å². The monoisotopic (exact) mass is 440 g/mol. The van der Waals surface area contributed by atoms with Crippen molar-refractivity contribution in [2.45, 2.75) is 38.5 Å². The van der Waals surface area contributed by atoms with Gasteiger partial charge in [-0.05, 0) is 62.3 Å². The number of hydrogen-bond donors (Lipinski definition) is 1. The van der Waals surface area contributed by atoms with Crippen LogP contribution in [0.4, 0.5) is 0 Å². The fourth-order valence-corrected chi connectivity index (χ4v) is 4.30. The summed E-state index contributed by atoms with van der Waals surface area (Å²) >= 11 is 0. The maximum atomic E-state index is 13.2. The van der Waals surface area contributed by atoms with Gasteiger partial charge >= 0.3 is 5.97 Å². The van der Waals surface area contributed by atoms with Crippen molar-refractivity contribution in [1.29, 1.82) is 0 Å². The molecule has 2 amide bonds. The minimum Gasteiger partial charge on any atom is -0.477 e. The molecule has 8 heteroatoms. The molecule has 0 spiro atoms. The topological polar surface area (TPSA) is 96.4 Å². The Kier molecular flexibility index (Phi) is 6.78. The molecule has 1 aromatic rings. The van der Waals surface area contributed by atoms with Crippen molar-refractivity contribution in [2.75, 3.05) is 33.0 Å². The molecule has 0 atom stereocenters. The average molecular weight is 440 g/mol. The highest BCUT2D eigenvalue weighted by molar-refractivity contribution is 6.15. The Hall–Kier alpha value is -3.29. The van der Waals surface area contributed by atoms with Gasteiger partial charge < -0.3 is 24.4 Å². The van der Waals surface area contributed by atoms with Crippen LogP contribution < -0.4 is 9.47 Å². The summed E-state index contributed by atoms with van der Waals surface area (Å²) in [7, 11) is 0. The van der Waals surface area contributed by atoms with E-state index in [1.165, 1.54) is 12.2 Å². The zero-order valence-electron chi connectivity index (χ0n) is 18.0. The first kappa shape index (κ1) is 21.9. The van der Waals surface area contributed by atoms with Crippen molar-refractivity contribution >= 4 is 23.9 Å². The van der Waals surface area contributed by atoms with Gasteiger partial charge in [0.2, 0.25) is 6.79 Å². The number of ether oxygens (including phenoxy) is 2. The summed E-state index contributed by atoms with van der Waals surface area (Å²) in [6.45, 7) is 2.66. The minimum atomic E-state index is -1.26. The third kappa shape index (κ3) is 4.79. The SMILES string of the molecule is O=C(O)/C(=C/C=Cc1cc2c(cc1C(=O)N1CCCCC1)OCO2)C(=O)N1CCCCC1. The lowest BCUT2D eigenvalue weighted by Gasteiger charge is -2.27. The Morgan fingerprint density at radius 2 is 1.44 bits per heavy atom. The van der Waals surface area contributed by atoms with Crippen molar-refractivity contribution in [3.05, 3.63) is 41.0 Å². The van der Waals surface area contributed by atoms with E-state index in [1.807, 2.05) is 4.90 Å². The van der Waals surface area contributed by atoms with Gasteiger partial charge in [-0.15, -0.1) is 0 Å². The van der Waals surface area contributed by atoms with E-state index in [0.717, 1.165) is 38.5 Å². The van der Waals surface area contributed by atoms with E-state index in [9.17, 15) is 19.5 Å². The van der Waals surface area contributed by atoms with Gasteiger partial charge in [-0.1, -0.05) is 12.2 Å². The number of fused-ring (bicyclic) bond motifs is 1. The zero-order chi connectivity index (χ0) is 22.5. The van der Waals surface area contributed by atoms with Gasteiger partial charge in [0.05, 0.1) is 5.56 Å². The number of likely N-dealkylation sites (tertiary alicyclic amines) is 2. The normalized spacial score (nSPS) is 18.8. The summed E-state index contributed by atoms with van der Waals surface area (Å²) in [5, 5.41) is 9.56. The predicted molar refractivity (Wildman–Crippen MR) is 118 cm³/mol. The van der Waals surface area contributed by atoms with Crippen molar-refractivity contribution in [3.63, 3.8) is 0 Å². The Balaban J connectivity index is 1.61. The van der Waals surface area contributed by atoms with Gasteiger partial charge in [-0.2, -0.15) is 0 Å². The number of aliphatic carboxylic acids is 1. The molecule has 0 saturated carbocycles. The van der Waals surface area contributed by atoms with Crippen LogP contribution in [-0.2, 0) is 9.59 Å². The summed E-state index contributed by atoms with van der Waals surface area (Å²) in [6, 6.07) is 3.40. The van der Waals surface area contributed by atoms with Crippen LogP contribution in [0.15, 0.2) is 29.9 Å². The number of hydrogen-bond acceptors (Lipinski definition) is 5. The second-order valence-electron chi connectivity index (χ2n) is 8.24. The van der Waals surface area contributed by atoms with E-state index in [4.69, 9.17) is 9.47 Å². The molecule has 170 valence electrons. The fourth-order valence-electron chi connectivity index (χ4n) is 4.30. The molecule has 0 aromatic heterocycles. The van der Waals surface area contributed by atoms with Gasteiger partial charge in [0.15, 0.2) is 11.5 Å². The molecular formula is C24H28N2O6. The molecule has 1 N–H and O–H groups in total. The van der Waals surface area contributed by atoms with Crippen LogP contribution in [0.1, 0.15) is 54.4 Å². The number of carboxylic acids is 1. The summed E-state index contributed by atoms with van der Waals surface area (Å²) in [5.41, 5.74) is 0.782. The molecule has 1 aromatic carbocycles. The molecule has 8 nitrogen and oxygen atoms in total. The quantitative estimate of drug-likeness (QED) is 0.327. The van der Waals surface area contributed by atoms with Crippen LogP contribution in [0.2, 0.25) is 0 Å². The van der Waals surface area contributed by atoms with E-state index in [0.29, 0.717) is 48.8 Å². The number of carbonyl (C=O) groups excluding carboxylic acids is 2. The molecule has 0 radical (unpaired) electrons. The Morgan fingerprint density at radius 1 is 0.844 bits per heavy atom. The van der Waals surface area contributed by atoms with E-state index in [1.54, 1.807) is 23.1 Å². The number of nitrogens with zero attached hydrogens (tertiary/aromatic N) is 2. The summed E-state index contributed by atoms with van der Waals surface area (Å²) < 4.78 is 10.9.